The molecule has 0 aliphatic heterocycles. The van der Waals surface area contributed by atoms with Gasteiger partial charge in [-0.05, 0) is 37.5 Å². The van der Waals surface area contributed by atoms with Crippen molar-refractivity contribution in [3.8, 4) is 0 Å². The number of nitrogens with one attached hydrogen (secondary N) is 3. The van der Waals surface area contributed by atoms with Gasteiger partial charge >= 0.3 is 0 Å². The smallest absolute Gasteiger partial charge is 0.216 e. The fourth-order valence-corrected chi connectivity index (χ4v) is 2.54. The number of hydrogen-bond acceptors (Lipinski definition) is 3. The molecule has 0 rings (SSSR count). The second-order valence-corrected chi connectivity index (χ2v) is 9.04. The molecule has 6 heteroatoms. The Hall–Kier alpha value is -1.79. The highest BCUT2D eigenvalue weighted by Gasteiger charge is 2.16. The van der Waals surface area contributed by atoms with Crippen LogP contribution in [-0.4, -0.2) is 50.9 Å². The molecule has 0 spiro atoms. The highest BCUT2D eigenvalue weighted by atomic mass is 16.5. The third kappa shape index (κ3) is 17.6. The van der Waals surface area contributed by atoms with Crippen molar-refractivity contribution in [1.82, 2.24) is 10.6 Å². The summed E-state index contributed by atoms with van der Waals surface area (Å²) in [5.41, 5.74) is 2.60. The van der Waals surface area contributed by atoms with Gasteiger partial charge in [-0.1, -0.05) is 71.8 Å². The van der Waals surface area contributed by atoms with Gasteiger partial charge in [-0.15, -0.1) is 0 Å². The third-order valence-corrected chi connectivity index (χ3v) is 5.02. The van der Waals surface area contributed by atoms with E-state index in [4.69, 9.17) is 10.1 Å². The van der Waals surface area contributed by atoms with Gasteiger partial charge in [0.2, 0.25) is 5.96 Å². The average Bonchev–Trinajstić information content (AvgIpc) is 2.69. The molecule has 0 aromatic carbocycles. The topological polar surface area (TPSA) is 81.9 Å². The van der Waals surface area contributed by atoms with Crippen molar-refractivity contribution in [2.45, 2.75) is 74.1 Å². The number of hydrogen-bond donors (Lipinski definition) is 3. The molecule has 0 fully saturated rings. The Bertz CT molecular complexity index is 600. The van der Waals surface area contributed by atoms with Gasteiger partial charge in [0.25, 0.3) is 0 Å². The molecule has 0 saturated heterocycles. The Morgan fingerprint density at radius 3 is 2.48 bits per heavy atom. The summed E-state index contributed by atoms with van der Waals surface area (Å²) < 4.78 is 5.42. The molecule has 1 atom stereocenters. The van der Waals surface area contributed by atoms with E-state index in [9.17, 15) is 0 Å². The molecule has 0 amide bonds. The van der Waals surface area contributed by atoms with E-state index in [1.807, 2.05) is 6.92 Å². The molecule has 0 aromatic rings. The summed E-state index contributed by atoms with van der Waals surface area (Å²) in [7, 11) is 0. The van der Waals surface area contributed by atoms with Gasteiger partial charge in [-0.25, -0.2) is 9.98 Å². The summed E-state index contributed by atoms with van der Waals surface area (Å²) in [6.45, 7) is 19.0. The van der Waals surface area contributed by atoms with Crippen LogP contribution in [0.15, 0.2) is 33.8 Å². The predicted molar refractivity (Wildman–Crippen MR) is 137 cm³/mol. The summed E-state index contributed by atoms with van der Waals surface area (Å²) in [5.74, 6) is 0.672. The fourth-order valence-electron chi connectivity index (χ4n) is 2.54. The van der Waals surface area contributed by atoms with Crippen LogP contribution in [0.5, 0.6) is 0 Å². The number of rotatable bonds is 15. The van der Waals surface area contributed by atoms with Crippen LogP contribution in [-0.2, 0) is 4.74 Å². The second-order valence-electron chi connectivity index (χ2n) is 9.04. The van der Waals surface area contributed by atoms with Crippen LogP contribution in [0.2, 0.25) is 0 Å². The zero-order valence-electron chi connectivity index (χ0n) is 21.1. The maximum Gasteiger partial charge on any atom is 0.216 e. The molecule has 0 bridgehead atoms. The van der Waals surface area contributed by atoms with E-state index in [-0.39, 0.29) is 11.4 Å². The number of aliphatic imine (C=N–C) groups is 2. The minimum Gasteiger partial charge on any atom is -0.380 e. The fraction of sp³-hybridized carbons (Fsp3) is 0.720. The van der Waals surface area contributed by atoms with Gasteiger partial charge in [0.1, 0.15) is 6.34 Å². The number of guanidine groups is 1. The lowest BCUT2D eigenvalue weighted by atomic mass is 9.82. The molecule has 0 aliphatic rings. The van der Waals surface area contributed by atoms with Crippen molar-refractivity contribution in [1.29, 1.82) is 5.41 Å². The molecule has 0 aliphatic carbocycles. The van der Waals surface area contributed by atoms with Crippen molar-refractivity contribution in [3.63, 3.8) is 0 Å². The molecule has 0 saturated carbocycles. The number of nitrogens with zero attached hydrogens (tertiary/aromatic N) is 2. The lowest BCUT2D eigenvalue weighted by Gasteiger charge is -2.24. The SMILES string of the molecule is CCCOCCNC/C(C)=N/C=N/C(=N)NCC/C(=C/C=CC(C)C(C)(C)C)CCC. The second kappa shape index (κ2) is 17.8. The highest BCUT2D eigenvalue weighted by molar-refractivity contribution is 5.93. The zero-order chi connectivity index (χ0) is 23.5. The van der Waals surface area contributed by atoms with Gasteiger partial charge in [-0.2, -0.15) is 0 Å². The summed E-state index contributed by atoms with van der Waals surface area (Å²) >= 11 is 0. The molecular weight excluding hydrogens is 386 g/mol. The van der Waals surface area contributed by atoms with E-state index >= 15 is 0 Å². The van der Waals surface area contributed by atoms with Crippen LogP contribution >= 0.6 is 0 Å². The summed E-state index contributed by atoms with van der Waals surface area (Å²) in [5, 5.41) is 14.3. The van der Waals surface area contributed by atoms with Gasteiger partial charge in [0.15, 0.2) is 0 Å². The molecule has 31 heavy (non-hydrogen) atoms. The maximum absolute atomic E-state index is 7.93. The van der Waals surface area contributed by atoms with Crippen molar-refractivity contribution >= 4 is 18.0 Å². The number of ether oxygens (including phenoxy) is 1. The molecule has 1 unspecified atom stereocenters. The molecule has 0 aromatic heterocycles. The molecule has 6 nitrogen and oxygen atoms in total. The zero-order valence-corrected chi connectivity index (χ0v) is 21.1. The van der Waals surface area contributed by atoms with E-state index in [0.29, 0.717) is 25.6 Å². The van der Waals surface area contributed by atoms with Crippen LogP contribution in [0.1, 0.15) is 74.1 Å². The lowest BCUT2D eigenvalue weighted by Crippen LogP contribution is -2.25. The van der Waals surface area contributed by atoms with Crippen molar-refractivity contribution < 1.29 is 4.74 Å². The van der Waals surface area contributed by atoms with Gasteiger partial charge in [0.05, 0.1) is 6.61 Å². The van der Waals surface area contributed by atoms with Crippen LogP contribution in [0, 0.1) is 16.7 Å². The van der Waals surface area contributed by atoms with E-state index < -0.39 is 0 Å². The highest BCUT2D eigenvalue weighted by Crippen LogP contribution is 2.26. The van der Waals surface area contributed by atoms with Gasteiger partial charge in [0, 0.05) is 32.0 Å². The average molecular weight is 434 g/mol. The molecular formula is C25H47N5O. The van der Waals surface area contributed by atoms with E-state index in [0.717, 1.165) is 44.5 Å². The normalized spacial score (nSPS) is 14.5. The third-order valence-electron chi connectivity index (χ3n) is 5.02. The Morgan fingerprint density at radius 2 is 1.84 bits per heavy atom. The van der Waals surface area contributed by atoms with Crippen LogP contribution in [0.4, 0.5) is 0 Å². The van der Waals surface area contributed by atoms with E-state index in [1.165, 1.54) is 11.9 Å². The van der Waals surface area contributed by atoms with E-state index in [2.05, 4.69) is 80.4 Å². The minimum atomic E-state index is 0.144. The largest absolute Gasteiger partial charge is 0.380 e. The first kappa shape index (κ1) is 29.2. The molecule has 178 valence electrons. The van der Waals surface area contributed by atoms with Crippen molar-refractivity contribution in [2.75, 3.05) is 32.8 Å². The predicted octanol–water partition coefficient (Wildman–Crippen LogP) is 5.37. The first-order valence-electron chi connectivity index (χ1n) is 11.7. The first-order chi connectivity index (χ1) is 14.7. The van der Waals surface area contributed by atoms with Crippen LogP contribution in [0.3, 0.4) is 0 Å². The molecule has 0 radical (unpaired) electrons. The Morgan fingerprint density at radius 1 is 1.10 bits per heavy atom. The first-order valence-corrected chi connectivity index (χ1v) is 11.7. The summed E-state index contributed by atoms with van der Waals surface area (Å²) in [4.78, 5) is 8.33. The maximum atomic E-state index is 7.93. The van der Waals surface area contributed by atoms with Crippen molar-refractivity contribution in [3.05, 3.63) is 23.8 Å². The molecule has 0 heterocycles. The van der Waals surface area contributed by atoms with Gasteiger partial charge in [-0.3, -0.25) is 5.41 Å². The summed E-state index contributed by atoms with van der Waals surface area (Å²) in [6, 6.07) is 0. The Kier molecular flexibility index (Phi) is 16.8. The van der Waals surface area contributed by atoms with Crippen LogP contribution in [0.25, 0.3) is 0 Å². The molecule has 3 N–H and O–H groups in total. The van der Waals surface area contributed by atoms with Crippen molar-refractivity contribution in [2.24, 2.45) is 21.3 Å². The van der Waals surface area contributed by atoms with Crippen LogP contribution < -0.4 is 10.6 Å². The van der Waals surface area contributed by atoms with E-state index in [1.54, 1.807) is 0 Å². The Balaban J connectivity index is 4.29. The lowest BCUT2D eigenvalue weighted by molar-refractivity contribution is 0.137. The quantitative estimate of drug-likeness (QED) is 0.140. The summed E-state index contributed by atoms with van der Waals surface area (Å²) in [6.07, 6.45) is 12.3. The Labute approximate surface area is 191 Å². The standard InChI is InChI=1S/C25H47N5O/c1-8-11-23(13-10-12-21(3)25(5,6)7)14-15-28-24(26)30-20-29-22(4)19-27-16-18-31-17-9-2/h10,12-13,20-21,27H,8-9,11,14-19H2,1-7H3,(H2,26,28)/b12-10?,23-13+,29-22+,30-20+. The minimum absolute atomic E-state index is 0.144. The van der Waals surface area contributed by atoms with Gasteiger partial charge < -0.3 is 15.4 Å². The monoisotopic (exact) mass is 433 g/mol. The number of allylic oxidation sites excluding steroid dienone is 3.